The Labute approximate surface area is 171 Å². The maximum Gasteiger partial charge on any atom is 0.300 e. The van der Waals surface area contributed by atoms with Crippen LogP contribution in [0, 0.1) is 5.41 Å². The maximum atomic E-state index is 9.00. The fourth-order valence-electron chi connectivity index (χ4n) is 1.29. The minimum absolute atomic E-state index is 0.441. The monoisotopic (exact) mass is 396 g/mol. The molecular formula is C22H37ClN2O2. The van der Waals surface area contributed by atoms with Gasteiger partial charge in [0.2, 0.25) is 0 Å². The molecule has 0 bridgehead atoms. The van der Waals surface area contributed by atoms with Crippen molar-refractivity contribution < 1.29 is 9.90 Å². The lowest BCUT2D eigenvalue weighted by Crippen LogP contribution is -2.05. The molecule has 0 aliphatic carbocycles. The van der Waals surface area contributed by atoms with Gasteiger partial charge in [-0.25, -0.2) is 0 Å². The highest BCUT2D eigenvalue weighted by atomic mass is 35.5. The van der Waals surface area contributed by atoms with Gasteiger partial charge >= 0.3 is 0 Å². The molecule has 0 aliphatic heterocycles. The molecule has 0 saturated carbocycles. The Morgan fingerprint density at radius 1 is 1.22 bits per heavy atom. The molecule has 0 unspecified atom stereocenters. The number of hydrogen-bond donors (Lipinski definition) is 3. The van der Waals surface area contributed by atoms with Crippen molar-refractivity contribution >= 4 is 29.0 Å². The summed E-state index contributed by atoms with van der Waals surface area (Å²) >= 11 is 5.01. The van der Waals surface area contributed by atoms with E-state index in [0.29, 0.717) is 5.71 Å². The number of hydrogen-bond acceptors (Lipinski definition) is 3. The zero-order chi connectivity index (χ0) is 22.1. The number of rotatable bonds is 6. The first-order valence-electron chi connectivity index (χ1n) is 9.00. The number of anilines is 1. The third kappa shape index (κ3) is 26.0. The normalized spacial score (nSPS) is 7.96. The van der Waals surface area contributed by atoms with Crippen LogP contribution < -0.4 is 5.32 Å². The minimum Gasteiger partial charge on any atom is -0.481 e. The molecule has 0 radical (unpaired) electrons. The Kier molecular flexibility index (Phi) is 34.1. The predicted molar refractivity (Wildman–Crippen MR) is 123 cm³/mol. The van der Waals surface area contributed by atoms with Crippen LogP contribution in [-0.2, 0) is 4.79 Å². The highest BCUT2D eigenvalue weighted by molar-refractivity contribution is 6.25. The van der Waals surface area contributed by atoms with E-state index in [4.69, 9.17) is 26.9 Å². The molecule has 0 fully saturated rings. The van der Waals surface area contributed by atoms with Gasteiger partial charge in [0.05, 0.1) is 5.71 Å². The van der Waals surface area contributed by atoms with E-state index in [1.54, 1.807) is 12.2 Å². The van der Waals surface area contributed by atoms with E-state index in [1.807, 2.05) is 65.0 Å². The number of carboxylic acids is 1. The molecule has 1 aromatic carbocycles. The van der Waals surface area contributed by atoms with Crippen LogP contribution in [0.25, 0.3) is 0 Å². The lowest BCUT2D eigenvalue weighted by Gasteiger charge is -2.10. The second-order valence-corrected chi connectivity index (χ2v) is 4.40. The molecule has 0 aromatic heterocycles. The second kappa shape index (κ2) is 28.5. The first-order chi connectivity index (χ1) is 12.9. The number of aliphatic carboxylic acids is 1. The first-order valence-corrected chi connectivity index (χ1v) is 9.44. The SMILES string of the molecule is C/C=C/Cl.C=CCCNc1ccccc1C(=N)C=C.CC.CC.CC(=O)O. The van der Waals surface area contributed by atoms with Crippen molar-refractivity contribution in [1.29, 1.82) is 5.41 Å². The van der Waals surface area contributed by atoms with Gasteiger partial charge in [-0.1, -0.05) is 76.2 Å². The zero-order valence-corrected chi connectivity index (χ0v) is 18.4. The van der Waals surface area contributed by atoms with Crippen molar-refractivity contribution in [3.63, 3.8) is 0 Å². The summed E-state index contributed by atoms with van der Waals surface area (Å²) in [7, 11) is 0. The average molecular weight is 397 g/mol. The number of nitrogens with one attached hydrogen (secondary N) is 2. The Bertz CT molecular complexity index is 519. The van der Waals surface area contributed by atoms with Gasteiger partial charge in [-0.3, -0.25) is 4.79 Å². The maximum absolute atomic E-state index is 9.00. The number of allylic oxidation sites excluding steroid dienone is 2. The van der Waals surface area contributed by atoms with E-state index in [2.05, 4.69) is 18.5 Å². The standard InChI is InChI=1S/C13H16N2.C3H5Cl.C2H4O2.2C2H6/c1-3-5-10-15-13-9-7-6-8-11(13)12(14)4-2;1-2-3-4;1-2(3)4;2*1-2/h3-4,6-9,14-15H,1-2,5,10H2;2-3H,1H3;1H3,(H,3,4);2*1-2H3/b;3-2+;;;. The van der Waals surface area contributed by atoms with E-state index in [0.717, 1.165) is 31.1 Å². The highest BCUT2D eigenvalue weighted by Gasteiger charge is 2.02. The van der Waals surface area contributed by atoms with E-state index in [1.165, 1.54) is 5.54 Å². The zero-order valence-electron chi connectivity index (χ0n) is 17.7. The molecule has 1 rings (SSSR count). The second-order valence-electron chi connectivity index (χ2n) is 4.15. The van der Waals surface area contributed by atoms with Crippen LogP contribution >= 0.6 is 11.6 Å². The summed E-state index contributed by atoms with van der Waals surface area (Å²) in [5.41, 5.74) is 3.78. The van der Waals surface area contributed by atoms with Gasteiger partial charge in [0.1, 0.15) is 0 Å². The molecule has 0 atom stereocenters. The van der Waals surface area contributed by atoms with Crippen molar-refractivity contribution in [2.75, 3.05) is 11.9 Å². The molecule has 5 heteroatoms. The lowest BCUT2D eigenvalue weighted by atomic mass is 10.1. The summed E-state index contributed by atoms with van der Waals surface area (Å²) in [6, 6.07) is 7.76. The van der Waals surface area contributed by atoms with Crippen molar-refractivity contribution in [3.8, 4) is 0 Å². The van der Waals surface area contributed by atoms with Crippen LogP contribution in [0.3, 0.4) is 0 Å². The van der Waals surface area contributed by atoms with Crippen molar-refractivity contribution in [2.45, 2.75) is 48.0 Å². The summed E-state index contributed by atoms with van der Waals surface area (Å²) in [4.78, 5) is 9.00. The van der Waals surface area contributed by atoms with Crippen LogP contribution in [0.5, 0.6) is 0 Å². The Hall–Kier alpha value is -2.33. The van der Waals surface area contributed by atoms with Gasteiger partial charge in [-0.15, -0.1) is 6.58 Å². The Balaban J connectivity index is -0.000000183. The van der Waals surface area contributed by atoms with Crippen LogP contribution in [0.2, 0.25) is 0 Å². The fraction of sp³-hybridized carbons (Fsp3) is 0.364. The molecule has 154 valence electrons. The summed E-state index contributed by atoms with van der Waals surface area (Å²) in [6.07, 6.45) is 6.10. The summed E-state index contributed by atoms with van der Waals surface area (Å²) in [5.74, 6) is -0.833. The average Bonchev–Trinajstić information content (AvgIpc) is 2.71. The lowest BCUT2D eigenvalue weighted by molar-refractivity contribution is -0.134. The Morgan fingerprint density at radius 2 is 1.67 bits per heavy atom. The molecule has 0 amide bonds. The van der Waals surface area contributed by atoms with Crippen LogP contribution in [-0.4, -0.2) is 23.3 Å². The Morgan fingerprint density at radius 3 is 2.04 bits per heavy atom. The number of para-hydroxylation sites is 1. The van der Waals surface area contributed by atoms with Gasteiger partial charge < -0.3 is 15.8 Å². The fourth-order valence-corrected chi connectivity index (χ4v) is 1.29. The minimum atomic E-state index is -0.833. The predicted octanol–water partition coefficient (Wildman–Crippen LogP) is 7.13. The van der Waals surface area contributed by atoms with E-state index in [-0.39, 0.29) is 0 Å². The summed E-state index contributed by atoms with van der Waals surface area (Å²) in [6.45, 7) is 19.1. The molecule has 1 aromatic rings. The van der Waals surface area contributed by atoms with Gasteiger partial charge in [0.15, 0.2) is 0 Å². The van der Waals surface area contributed by atoms with Crippen molar-refractivity contribution in [3.05, 3.63) is 66.8 Å². The van der Waals surface area contributed by atoms with Crippen molar-refractivity contribution in [1.82, 2.24) is 0 Å². The van der Waals surface area contributed by atoms with Gasteiger partial charge in [-0.05, 0) is 31.0 Å². The quantitative estimate of drug-likeness (QED) is 0.272. The van der Waals surface area contributed by atoms with Gasteiger partial charge in [-0.2, -0.15) is 0 Å². The van der Waals surface area contributed by atoms with Crippen LogP contribution in [0.1, 0.15) is 53.5 Å². The molecule has 3 N–H and O–H groups in total. The topological polar surface area (TPSA) is 73.2 Å². The van der Waals surface area contributed by atoms with E-state index < -0.39 is 5.97 Å². The molecule has 27 heavy (non-hydrogen) atoms. The smallest absolute Gasteiger partial charge is 0.300 e. The molecular weight excluding hydrogens is 360 g/mol. The molecule has 0 heterocycles. The van der Waals surface area contributed by atoms with Gasteiger partial charge in [0.25, 0.3) is 5.97 Å². The van der Waals surface area contributed by atoms with Crippen molar-refractivity contribution in [2.24, 2.45) is 0 Å². The van der Waals surface area contributed by atoms with Crippen LogP contribution in [0.15, 0.2) is 61.2 Å². The molecule has 0 spiro atoms. The van der Waals surface area contributed by atoms with Crippen LogP contribution in [0.4, 0.5) is 5.69 Å². The molecule has 4 nitrogen and oxygen atoms in total. The molecule has 0 saturated heterocycles. The largest absolute Gasteiger partial charge is 0.481 e. The first kappa shape index (κ1) is 32.4. The van der Waals surface area contributed by atoms with E-state index >= 15 is 0 Å². The number of halogens is 1. The number of carboxylic acid groups (broad SMARTS) is 1. The van der Waals surface area contributed by atoms with Gasteiger partial charge in [0, 0.05) is 24.7 Å². The third-order valence-electron chi connectivity index (χ3n) is 2.21. The summed E-state index contributed by atoms with van der Waals surface area (Å²) < 4.78 is 0. The highest BCUT2D eigenvalue weighted by Crippen LogP contribution is 2.15. The number of benzene rings is 1. The summed E-state index contributed by atoms with van der Waals surface area (Å²) in [5, 5.41) is 18.4. The van der Waals surface area contributed by atoms with E-state index in [9.17, 15) is 0 Å². The number of carbonyl (C=O) groups is 1. The third-order valence-corrected chi connectivity index (χ3v) is 2.46. The molecule has 0 aliphatic rings.